The van der Waals surface area contributed by atoms with E-state index in [1.54, 1.807) is 12.1 Å². The molecule has 3 N–H and O–H groups in total. The third kappa shape index (κ3) is 3.34. The smallest absolute Gasteiger partial charge is 0.307 e. The van der Waals surface area contributed by atoms with Crippen LogP contribution in [-0.4, -0.2) is 28.9 Å². The number of aliphatic carboxylic acids is 1. The summed E-state index contributed by atoms with van der Waals surface area (Å²) in [5.74, 6) is -1.45. The first-order valence-corrected chi connectivity index (χ1v) is 6.37. The highest BCUT2D eigenvalue weighted by atomic mass is 16.4. The number of carboxylic acid groups (broad SMARTS) is 1. The third-order valence-corrected chi connectivity index (χ3v) is 3.26. The Kier molecular flexibility index (Phi) is 4.02. The molecule has 1 aliphatic heterocycles. The monoisotopic (exact) mass is 276 g/mol. The van der Waals surface area contributed by atoms with E-state index in [2.05, 4.69) is 10.6 Å². The van der Waals surface area contributed by atoms with Crippen molar-refractivity contribution >= 4 is 23.5 Å². The van der Waals surface area contributed by atoms with Crippen LogP contribution in [0.4, 0.5) is 5.69 Å². The summed E-state index contributed by atoms with van der Waals surface area (Å²) in [7, 11) is 0. The molecule has 6 nitrogen and oxygen atoms in total. The molecular weight excluding hydrogens is 260 g/mol. The Morgan fingerprint density at radius 2 is 2.20 bits per heavy atom. The lowest BCUT2D eigenvalue weighted by Gasteiger charge is -2.23. The standard InChI is InChI=1S/C14H16N2O4/c1-8-6-10(3-2-9(8)7-13(18)19)15-11-4-5-12(17)16-14(11)20/h2-3,6,11,15H,4-5,7H2,1H3,(H,18,19)(H,16,17,20). The van der Waals surface area contributed by atoms with E-state index < -0.39 is 12.0 Å². The number of anilines is 1. The van der Waals surface area contributed by atoms with Crippen molar-refractivity contribution in [2.45, 2.75) is 32.2 Å². The molecule has 1 fully saturated rings. The summed E-state index contributed by atoms with van der Waals surface area (Å²) < 4.78 is 0. The second-order valence-corrected chi connectivity index (χ2v) is 4.86. The minimum Gasteiger partial charge on any atom is -0.481 e. The molecule has 0 aromatic heterocycles. The summed E-state index contributed by atoms with van der Waals surface area (Å²) in [5.41, 5.74) is 2.34. The molecule has 0 spiro atoms. The summed E-state index contributed by atoms with van der Waals surface area (Å²) in [4.78, 5) is 33.4. The van der Waals surface area contributed by atoms with Gasteiger partial charge in [0.25, 0.3) is 0 Å². The van der Waals surface area contributed by atoms with E-state index in [-0.39, 0.29) is 18.2 Å². The molecule has 1 unspecified atom stereocenters. The van der Waals surface area contributed by atoms with Gasteiger partial charge in [0.05, 0.1) is 6.42 Å². The number of rotatable bonds is 4. The fourth-order valence-corrected chi connectivity index (χ4v) is 2.18. The summed E-state index contributed by atoms with van der Waals surface area (Å²) in [6.45, 7) is 1.83. The Morgan fingerprint density at radius 3 is 2.80 bits per heavy atom. The maximum Gasteiger partial charge on any atom is 0.307 e. The van der Waals surface area contributed by atoms with Gasteiger partial charge < -0.3 is 10.4 Å². The van der Waals surface area contributed by atoms with Gasteiger partial charge >= 0.3 is 5.97 Å². The van der Waals surface area contributed by atoms with E-state index >= 15 is 0 Å². The van der Waals surface area contributed by atoms with Crippen LogP contribution >= 0.6 is 0 Å². The van der Waals surface area contributed by atoms with Gasteiger partial charge in [0, 0.05) is 12.1 Å². The number of aryl methyl sites for hydroxylation is 1. The lowest BCUT2D eigenvalue weighted by atomic mass is 10.0. The number of nitrogens with one attached hydrogen (secondary N) is 2. The van der Waals surface area contributed by atoms with Crippen molar-refractivity contribution < 1.29 is 19.5 Å². The highest BCUT2D eigenvalue weighted by Gasteiger charge is 2.26. The predicted octanol–water partition coefficient (Wildman–Crippen LogP) is 0.839. The van der Waals surface area contributed by atoms with Crippen molar-refractivity contribution in [3.63, 3.8) is 0 Å². The molecular formula is C14H16N2O4. The zero-order valence-electron chi connectivity index (χ0n) is 11.1. The molecule has 106 valence electrons. The molecule has 6 heteroatoms. The molecule has 20 heavy (non-hydrogen) atoms. The minimum absolute atomic E-state index is 0.0233. The zero-order valence-corrected chi connectivity index (χ0v) is 11.1. The highest BCUT2D eigenvalue weighted by Crippen LogP contribution is 2.18. The van der Waals surface area contributed by atoms with Gasteiger partial charge in [-0.1, -0.05) is 6.07 Å². The van der Waals surface area contributed by atoms with Crippen LogP contribution in [0.2, 0.25) is 0 Å². The first kappa shape index (κ1) is 14.0. The number of hydrogen-bond donors (Lipinski definition) is 3. The Labute approximate surface area is 116 Å². The van der Waals surface area contributed by atoms with E-state index in [1.807, 2.05) is 13.0 Å². The first-order valence-electron chi connectivity index (χ1n) is 6.37. The van der Waals surface area contributed by atoms with Crippen LogP contribution in [0.5, 0.6) is 0 Å². The molecule has 0 saturated carbocycles. The van der Waals surface area contributed by atoms with Gasteiger partial charge in [-0.3, -0.25) is 19.7 Å². The van der Waals surface area contributed by atoms with Crippen LogP contribution in [-0.2, 0) is 20.8 Å². The Balaban J connectivity index is 2.07. The normalized spacial score (nSPS) is 18.6. The number of imide groups is 1. The molecule has 0 aliphatic carbocycles. The Morgan fingerprint density at radius 1 is 1.45 bits per heavy atom. The molecule has 0 radical (unpaired) electrons. The minimum atomic E-state index is -0.876. The maximum atomic E-state index is 11.6. The van der Waals surface area contributed by atoms with Gasteiger partial charge in [-0.05, 0) is 36.6 Å². The zero-order chi connectivity index (χ0) is 14.7. The SMILES string of the molecule is Cc1cc(NC2CCC(=O)NC2=O)ccc1CC(=O)O. The third-order valence-electron chi connectivity index (χ3n) is 3.26. The number of hydrogen-bond acceptors (Lipinski definition) is 4. The van der Waals surface area contributed by atoms with Gasteiger partial charge in [-0.2, -0.15) is 0 Å². The molecule has 1 heterocycles. The van der Waals surface area contributed by atoms with E-state index in [9.17, 15) is 14.4 Å². The van der Waals surface area contributed by atoms with Gasteiger partial charge in [-0.15, -0.1) is 0 Å². The molecule has 1 saturated heterocycles. The van der Waals surface area contributed by atoms with Gasteiger partial charge in [0.1, 0.15) is 6.04 Å². The number of carbonyl (C=O) groups excluding carboxylic acids is 2. The fraction of sp³-hybridized carbons (Fsp3) is 0.357. The predicted molar refractivity (Wildman–Crippen MR) is 72.3 cm³/mol. The summed E-state index contributed by atoms with van der Waals surface area (Å²) in [6.07, 6.45) is 0.755. The lowest BCUT2D eigenvalue weighted by Crippen LogP contribution is -2.47. The highest BCUT2D eigenvalue weighted by molar-refractivity contribution is 6.01. The van der Waals surface area contributed by atoms with Crippen molar-refractivity contribution in [1.29, 1.82) is 0 Å². The van der Waals surface area contributed by atoms with Crippen molar-refractivity contribution in [1.82, 2.24) is 5.32 Å². The fourth-order valence-electron chi connectivity index (χ4n) is 2.18. The molecule has 1 aliphatic rings. The molecule has 1 aromatic rings. The summed E-state index contributed by atoms with van der Waals surface area (Å²) >= 11 is 0. The molecule has 0 bridgehead atoms. The number of benzene rings is 1. The van der Waals surface area contributed by atoms with Crippen molar-refractivity contribution in [2.24, 2.45) is 0 Å². The molecule has 1 aromatic carbocycles. The van der Waals surface area contributed by atoms with E-state index in [1.165, 1.54) is 0 Å². The molecule has 1 atom stereocenters. The summed E-state index contributed by atoms with van der Waals surface area (Å²) in [6, 6.07) is 4.85. The van der Waals surface area contributed by atoms with Crippen LogP contribution in [0.1, 0.15) is 24.0 Å². The number of carboxylic acids is 1. The van der Waals surface area contributed by atoms with Crippen molar-refractivity contribution in [3.05, 3.63) is 29.3 Å². The topological polar surface area (TPSA) is 95.5 Å². The summed E-state index contributed by atoms with van der Waals surface area (Å²) in [5, 5.41) is 14.1. The van der Waals surface area contributed by atoms with Crippen molar-refractivity contribution in [2.75, 3.05) is 5.32 Å². The first-order chi connectivity index (χ1) is 9.45. The lowest BCUT2D eigenvalue weighted by molar-refractivity contribution is -0.136. The van der Waals surface area contributed by atoms with Crippen molar-refractivity contribution in [3.8, 4) is 0 Å². The second-order valence-electron chi connectivity index (χ2n) is 4.86. The van der Waals surface area contributed by atoms with E-state index in [4.69, 9.17) is 5.11 Å². The quantitative estimate of drug-likeness (QED) is 0.708. The Hall–Kier alpha value is -2.37. The number of carbonyl (C=O) groups is 3. The van der Waals surface area contributed by atoms with Crippen LogP contribution in [0.3, 0.4) is 0 Å². The van der Waals surface area contributed by atoms with Crippen LogP contribution < -0.4 is 10.6 Å². The van der Waals surface area contributed by atoms with Crippen LogP contribution in [0, 0.1) is 6.92 Å². The molecule has 2 rings (SSSR count). The second kappa shape index (κ2) is 5.73. The van der Waals surface area contributed by atoms with Gasteiger partial charge in [-0.25, -0.2) is 0 Å². The van der Waals surface area contributed by atoms with Gasteiger partial charge in [0.15, 0.2) is 0 Å². The maximum absolute atomic E-state index is 11.6. The average Bonchev–Trinajstić information content (AvgIpc) is 2.36. The largest absolute Gasteiger partial charge is 0.481 e. The van der Waals surface area contributed by atoms with Gasteiger partial charge in [0.2, 0.25) is 11.8 Å². The van der Waals surface area contributed by atoms with Crippen LogP contribution in [0.25, 0.3) is 0 Å². The number of piperidine rings is 1. The van der Waals surface area contributed by atoms with E-state index in [0.29, 0.717) is 12.8 Å². The Bertz CT molecular complexity index is 568. The van der Waals surface area contributed by atoms with Crippen LogP contribution in [0.15, 0.2) is 18.2 Å². The molecule has 2 amide bonds. The number of amides is 2. The van der Waals surface area contributed by atoms with E-state index in [0.717, 1.165) is 16.8 Å². The average molecular weight is 276 g/mol.